The first kappa shape index (κ1) is 29.1. The maximum atomic E-state index is 6.94. The third kappa shape index (κ3) is 6.24. The lowest BCUT2D eigenvalue weighted by atomic mass is 10.0. The van der Waals surface area contributed by atoms with Gasteiger partial charge in [-0.1, -0.05) is 121 Å². The van der Waals surface area contributed by atoms with Crippen LogP contribution in [0.5, 0.6) is 0 Å². The molecule has 4 aromatic carbocycles. The van der Waals surface area contributed by atoms with Crippen molar-refractivity contribution in [2.24, 2.45) is 0 Å². The predicted octanol–water partition coefficient (Wildman–Crippen LogP) is 5.76. The highest BCUT2D eigenvalue weighted by molar-refractivity contribution is 7.73. The molecule has 0 spiro atoms. The molecule has 0 aromatic heterocycles. The highest BCUT2D eigenvalue weighted by atomic mass is 31.1. The van der Waals surface area contributed by atoms with E-state index < -0.39 is 27.4 Å². The highest BCUT2D eigenvalue weighted by Gasteiger charge is 2.57. The van der Waals surface area contributed by atoms with Gasteiger partial charge in [0.05, 0.1) is 12.2 Å². The molecule has 3 unspecified atom stereocenters. The summed E-state index contributed by atoms with van der Waals surface area (Å²) in [7, 11) is 1.91. The largest absolute Gasteiger partial charge is 0.349 e. The molecule has 0 saturated carbocycles. The Morgan fingerprint density at radius 2 is 0.750 bits per heavy atom. The molecule has 1 aliphatic heterocycles. The molecule has 4 nitrogen and oxygen atoms in total. The van der Waals surface area contributed by atoms with E-state index in [0.717, 1.165) is 12.3 Å². The lowest BCUT2D eigenvalue weighted by molar-refractivity contribution is -0.442. The second-order valence-corrected chi connectivity index (χ2v) is 14.7. The fraction of sp³-hybridized carbons (Fsp3) is 0.294. The summed E-state index contributed by atoms with van der Waals surface area (Å²) in [4.78, 5) is 0. The van der Waals surface area contributed by atoms with E-state index in [4.69, 9.17) is 18.9 Å². The molecular weight excluding hydrogens is 534 g/mol. The van der Waals surface area contributed by atoms with Crippen molar-refractivity contribution in [3.63, 3.8) is 0 Å². The van der Waals surface area contributed by atoms with Crippen LogP contribution >= 0.6 is 15.8 Å². The maximum Gasteiger partial charge on any atom is 0.220 e. The highest BCUT2D eigenvalue weighted by Crippen LogP contribution is 2.47. The van der Waals surface area contributed by atoms with Crippen molar-refractivity contribution in [2.75, 3.05) is 26.5 Å². The SMILES string of the molecule is COC1(C)OC(CP(c2ccccc2)c2ccccc2)C(CP(c2ccccc2)c2ccccc2)O[C@]1(C)OC. The zero-order valence-electron chi connectivity index (χ0n) is 23.6. The molecule has 6 heteroatoms. The van der Waals surface area contributed by atoms with Gasteiger partial charge in [0, 0.05) is 26.5 Å². The molecule has 0 N–H and O–H groups in total. The second kappa shape index (κ2) is 13.0. The Balaban J connectivity index is 1.55. The van der Waals surface area contributed by atoms with Crippen LogP contribution in [0.3, 0.4) is 0 Å². The lowest BCUT2D eigenvalue weighted by Gasteiger charge is -2.53. The van der Waals surface area contributed by atoms with E-state index in [1.165, 1.54) is 21.2 Å². The minimum Gasteiger partial charge on any atom is -0.349 e. The quantitative estimate of drug-likeness (QED) is 0.227. The standard InChI is InChI=1S/C34H38O4P2/c1-33(35-3)34(2,36-4)38-32(26-40(29-21-13-7-14-22-29)30-23-15-8-16-24-30)31(37-33)25-39(27-17-9-5-10-18-27)28-19-11-6-12-20-28/h5-24,31-32H,25-26H2,1-4H3/t31?,32?,33-,34?/m0/s1. The molecule has 0 aliphatic carbocycles. The van der Waals surface area contributed by atoms with Gasteiger partial charge in [-0.3, -0.25) is 0 Å². The van der Waals surface area contributed by atoms with E-state index in [-0.39, 0.29) is 12.2 Å². The molecule has 0 radical (unpaired) electrons. The third-order valence-electron chi connectivity index (χ3n) is 7.77. The van der Waals surface area contributed by atoms with Gasteiger partial charge in [0.15, 0.2) is 0 Å². The zero-order chi connectivity index (χ0) is 28.0. The number of ether oxygens (including phenoxy) is 4. The summed E-state index contributed by atoms with van der Waals surface area (Å²) in [6, 6.07) is 43.1. The molecule has 5 rings (SSSR count). The Bertz CT molecular complexity index is 1140. The van der Waals surface area contributed by atoms with Crippen LogP contribution in [0.25, 0.3) is 0 Å². The average Bonchev–Trinajstić information content (AvgIpc) is 3.02. The van der Waals surface area contributed by atoms with E-state index in [1.54, 1.807) is 14.2 Å². The first-order chi connectivity index (χ1) is 19.5. The molecule has 1 heterocycles. The van der Waals surface area contributed by atoms with Gasteiger partial charge in [0.25, 0.3) is 0 Å². The summed E-state index contributed by atoms with van der Waals surface area (Å²) in [6.07, 6.45) is 1.19. The first-order valence-electron chi connectivity index (χ1n) is 13.7. The van der Waals surface area contributed by atoms with E-state index in [0.29, 0.717) is 0 Å². The van der Waals surface area contributed by atoms with Gasteiger partial charge in [-0.05, 0) is 50.9 Å². The Hall–Kier alpha value is -2.42. The number of hydrogen-bond donors (Lipinski definition) is 0. The minimum atomic E-state index is -1.07. The van der Waals surface area contributed by atoms with Crippen molar-refractivity contribution in [3.05, 3.63) is 121 Å². The lowest BCUT2D eigenvalue weighted by Crippen LogP contribution is -2.66. The van der Waals surface area contributed by atoms with Crippen molar-refractivity contribution in [1.82, 2.24) is 0 Å². The van der Waals surface area contributed by atoms with Crippen molar-refractivity contribution in [3.8, 4) is 0 Å². The van der Waals surface area contributed by atoms with Crippen LogP contribution in [0, 0.1) is 0 Å². The van der Waals surface area contributed by atoms with E-state index in [2.05, 4.69) is 121 Å². The maximum absolute atomic E-state index is 6.94. The molecule has 1 aliphatic rings. The van der Waals surface area contributed by atoms with Crippen molar-refractivity contribution < 1.29 is 18.9 Å². The van der Waals surface area contributed by atoms with Crippen LogP contribution < -0.4 is 21.2 Å². The third-order valence-corrected chi connectivity index (χ3v) is 12.9. The van der Waals surface area contributed by atoms with Crippen LogP contribution in [0.4, 0.5) is 0 Å². The second-order valence-electron chi connectivity index (χ2n) is 10.2. The van der Waals surface area contributed by atoms with Crippen molar-refractivity contribution in [2.45, 2.75) is 37.6 Å². The van der Waals surface area contributed by atoms with Gasteiger partial charge in [0.2, 0.25) is 11.6 Å². The summed E-state index contributed by atoms with van der Waals surface area (Å²) in [5.41, 5.74) is 0. The van der Waals surface area contributed by atoms with Crippen molar-refractivity contribution >= 4 is 37.1 Å². The molecule has 4 atom stereocenters. The summed E-state index contributed by atoms with van der Waals surface area (Å²) < 4.78 is 25.8. The summed E-state index contributed by atoms with van der Waals surface area (Å²) in [6.45, 7) is 3.84. The van der Waals surface area contributed by atoms with Crippen LogP contribution in [-0.4, -0.2) is 50.3 Å². The van der Waals surface area contributed by atoms with Gasteiger partial charge in [-0.15, -0.1) is 0 Å². The van der Waals surface area contributed by atoms with Crippen LogP contribution in [0.1, 0.15) is 13.8 Å². The summed E-state index contributed by atoms with van der Waals surface area (Å²) in [5.74, 6) is -2.14. The van der Waals surface area contributed by atoms with E-state index in [9.17, 15) is 0 Å². The van der Waals surface area contributed by atoms with Crippen LogP contribution in [0.15, 0.2) is 121 Å². The molecule has 1 saturated heterocycles. The average molecular weight is 573 g/mol. The molecular formula is C34H38O4P2. The Morgan fingerprint density at radius 3 is 0.975 bits per heavy atom. The Kier molecular flexibility index (Phi) is 9.49. The summed E-state index contributed by atoms with van der Waals surface area (Å²) >= 11 is 0. The van der Waals surface area contributed by atoms with Gasteiger partial charge in [0.1, 0.15) is 0 Å². The topological polar surface area (TPSA) is 36.9 Å². The van der Waals surface area contributed by atoms with Gasteiger partial charge >= 0.3 is 0 Å². The van der Waals surface area contributed by atoms with E-state index in [1.807, 2.05) is 13.8 Å². The normalized spacial score (nSPS) is 24.9. The zero-order valence-corrected chi connectivity index (χ0v) is 25.4. The van der Waals surface area contributed by atoms with Crippen molar-refractivity contribution in [1.29, 1.82) is 0 Å². The molecule has 40 heavy (non-hydrogen) atoms. The molecule has 208 valence electrons. The Labute approximate surface area is 241 Å². The number of benzene rings is 4. The smallest absolute Gasteiger partial charge is 0.220 e. The van der Waals surface area contributed by atoms with Crippen LogP contribution in [-0.2, 0) is 18.9 Å². The molecule has 4 aromatic rings. The first-order valence-corrected chi connectivity index (χ1v) is 16.7. The van der Waals surface area contributed by atoms with Gasteiger partial charge in [-0.2, -0.15) is 0 Å². The fourth-order valence-electron chi connectivity index (χ4n) is 5.23. The number of hydrogen-bond acceptors (Lipinski definition) is 4. The Morgan fingerprint density at radius 1 is 0.500 bits per heavy atom. The van der Waals surface area contributed by atoms with Gasteiger partial charge in [-0.25, -0.2) is 0 Å². The minimum absolute atomic E-state index is 0.211. The summed E-state index contributed by atoms with van der Waals surface area (Å²) in [5, 5.41) is 5.27. The predicted molar refractivity (Wildman–Crippen MR) is 168 cm³/mol. The van der Waals surface area contributed by atoms with Gasteiger partial charge < -0.3 is 18.9 Å². The number of rotatable bonds is 10. The van der Waals surface area contributed by atoms with Crippen LogP contribution in [0.2, 0.25) is 0 Å². The van der Waals surface area contributed by atoms with E-state index >= 15 is 0 Å². The monoisotopic (exact) mass is 572 g/mol. The molecule has 1 fully saturated rings. The number of methoxy groups -OCH3 is 2. The fourth-order valence-corrected chi connectivity index (χ4v) is 10.1. The molecule has 0 bridgehead atoms. The molecule has 0 amide bonds.